The molecule has 1 aliphatic rings. The van der Waals surface area contributed by atoms with Gasteiger partial charge in [0.1, 0.15) is 11.3 Å². The average molecular weight is 175 g/mol. The van der Waals surface area contributed by atoms with Gasteiger partial charge in [0.05, 0.1) is 6.20 Å². The number of fused-ring (bicyclic) bond motifs is 1. The number of nitrogens with zero attached hydrogens (tertiary/aromatic N) is 2. The van der Waals surface area contributed by atoms with Crippen molar-refractivity contribution in [1.29, 1.82) is 0 Å². The van der Waals surface area contributed by atoms with E-state index in [4.69, 9.17) is 0 Å². The Kier molecular flexibility index (Phi) is 1.17. The van der Waals surface area contributed by atoms with Gasteiger partial charge in [-0.15, -0.1) is 0 Å². The van der Waals surface area contributed by atoms with Crippen molar-refractivity contribution in [2.75, 3.05) is 0 Å². The monoisotopic (exact) mass is 175 g/mol. The van der Waals surface area contributed by atoms with Gasteiger partial charge in [0.2, 0.25) is 0 Å². The molecule has 2 aromatic rings. The first kappa shape index (κ1) is 6.88. The molecule has 66 valence electrons. The Morgan fingerprint density at radius 1 is 1.54 bits per heavy atom. The Bertz CT molecular complexity index is 507. The van der Waals surface area contributed by atoms with E-state index >= 15 is 0 Å². The van der Waals surface area contributed by atoms with E-state index in [9.17, 15) is 4.79 Å². The molecule has 0 radical (unpaired) electrons. The van der Waals surface area contributed by atoms with E-state index in [1.807, 2.05) is 10.6 Å². The van der Waals surface area contributed by atoms with Crippen molar-refractivity contribution in [3.05, 3.63) is 34.8 Å². The van der Waals surface area contributed by atoms with Crippen molar-refractivity contribution in [3.8, 4) is 0 Å². The molecule has 2 heterocycles. The second kappa shape index (κ2) is 2.22. The summed E-state index contributed by atoms with van der Waals surface area (Å²) >= 11 is 0. The molecule has 1 saturated carbocycles. The summed E-state index contributed by atoms with van der Waals surface area (Å²) in [6.07, 6.45) is 7.56. The lowest BCUT2D eigenvalue weighted by Crippen LogP contribution is -2.08. The van der Waals surface area contributed by atoms with E-state index in [0.29, 0.717) is 11.4 Å². The predicted molar refractivity (Wildman–Crippen MR) is 47.8 cm³/mol. The summed E-state index contributed by atoms with van der Waals surface area (Å²) in [7, 11) is 0. The van der Waals surface area contributed by atoms with Gasteiger partial charge in [-0.1, -0.05) is 0 Å². The van der Waals surface area contributed by atoms with Crippen LogP contribution < -0.4 is 5.56 Å². The van der Waals surface area contributed by atoms with Crippen LogP contribution in [0.25, 0.3) is 5.52 Å². The largest absolute Gasteiger partial charge is 0.326 e. The van der Waals surface area contributed by atoms with Gasteiger partial charge in [-0.25, -0.2) is 4.98 Å². The fourth-order valence-corrected chi connectivity index (χ4v) is 1.60. The van der Waals surface area contributed by atoms with Crippen LogP contribution in [0.3, 0.4) is 0 Å². The quantitative estimate of drug-likeness (QED) is 0.700. The molecule has 0 aliphatic heterocycles. The Balaban J connectivity index is 2.38. The lowest BCUT2D eigenvalue weighted by molar-refractivity contribution is 0.911. The Hall–Kier alpha value is -1.58. The highest BCUT2D eigenvalue weighted by atomic mass is 16.1. The van der Waals surface area contributed by atoms with E-state index in [0.717, 1.165) is 5.82 Å². The molecular weight excluding hydrogens is 166 g/mol. The van der Waals surface area contributed by atoms with Gasteiger partial charge in [-0.2, -0.15) is 0 Å². The third kappa shape index (κ3) is 0.915. The van der Waals surface area contributed by atoms with Crippen LogP contribution in [0.4, 0.5) is 0 Å². The van der Waals surface area contributed by atoms with Crippen molar-refractivity contribution in [1.82, 2.24) is 14.4 Å². The zero-order valence-corrected chi connectivity index (χ0v) is 7.03. The fourth-order valence-electron chi connectivity index (χ4n) is 1.60. The number of nitrogens with one attached hydrogen (secondary N) is 1. The second-order valence-electron chi connectivity index (χ2n) is 3.44. The third-order valence-corrected chi connectivity index (χ3v) is 2.44. The van der Waals surface area contributed by atoms with Gasteiger partial charge in [-0.3, -0.25) is 9.20 Å². The summed E-state index contributed by atoms with van der Waals surface area (Å²) in [5.74, 6) is 1.60. The van der Waals surface area contributed by atoms with Gasteiger partial charge < -0.3 is 4.98 Å². The van der Waals surface area contributed by atoms with E-state index in [1.165, 1.54) is 12.8 Å². The second-order valence-corrected chi connectivity index (χ2v) is 3.44. The van der Waals surface area contributed by atoms with Crippen LogP contribution in [0.1, 0.15) is 24.6 Å². The number of aromatic amines is 1. The minimum atomic E-state index is -0.0677. The summed E-state index contributed by atoms with van der Waals surface area (Å²) in [6, 6.07) is 0. The molecule has 0 atom stereocenters. The molecule has 0 aromatic carbocycles. The Morgan fingerprint density at radius 2 is 2.38 bits per heavy atom. The number of hydrogen-bond donors (Lipinski definition) is 1. The minimum Gasteiger partial charge on any atom is -0.326 e. The summed E-state index contributed by atoms with van der Waals surface area (Å²) in [6.45, 7) is 0. The van der Waals surface area contributed by atoms with Crippen molar-refractivity contribution >= 4 is 5.52 Å². The lowest BCUT2D eigenvalue weighted by atomic mass is 10.4. The van der Waals surface area contributed by atoms with E-state index in [2.05, 4.69) is 9.97 Å². The molecule has 0 unspecified atom stereocenters. The zero-order chi connectivity index (χ0) is 8.84. The molecule has 13 heavy (non-hydrogen) atoms. The molecule has 2 aromatic heterocycles. The van der Waals surface area contributed by atoms with Crippen molar-refractivity contribution < 1.29 is 0 Å². The minimum absolute atomic E-state index is 0.0677. The van der Waals surface area contributed by atoms with Crippen molar-refractivity contribution in [2.24, 2.45) is 0 Å². The van der Waals surface area contributed by atoms with Gasteiger partial charge in [0.25, 0.3) is 5.56 Å². The van der Waals surface area contributed by atoms with Crippen LogP contribution in [0.2, 0.25) is 0 Å². The summed E-state index contributed by atoms with van der Waals surface area (Å²) in [5, 5.41) is 0. The molecule has 3 rings (SSSR count). The van der Waals surface area contributed by atoms with Crippen LogP contribution >= 0.6 is 0 Å². The smallest absolute Gasteiger partial charge is 0.273 e. The maximum atomic E-state index is 11.3. The average Bonchev–Trinajstić information content (AvgIpc) is 2.87. The standard InChI is InChI=1S/C9H9N3O/c13-9-7-5-11-8(6-1-2-6)12(7)4-3-10-9/h3-6H,1-2H2,(H,10,13). The summed E-state index contributed by atoms with van der Waals surface area (Å²) in [4.78, 5) is 18.2. The number of H-pyrrole nitrogens is 1. The molecule has 1 fully saturated rings. The highest BCUT2D eigenvalue weighted by molar-refractivity contribution is 5.43. The van der Waals surface area contributed by atoms with Crippen LogP contribution in [-0.4, -0.2) is 14.4 Å². The van der Waals surface area contributed by atoms with Gasteiger partial charge in [0.15, 0.2) is 0 Å². The van der Waals surface area contributed by atoms with Crippen LogP contribution in [0.5, 0.6) is 0 Å². The molecule has 4 heteroatoms. The number of imidazole rings is 1. The molecule has 0 spiro atoms. The maximum Gasteiger partial charge on any atom is 0.273 e. The zero-order valence-electron chi connectivity index (χ0n) is 7.03. The third-order valence-electron chi connectivity index (χ3n) is 2.44. The van der Waals surface area contributed by atoms with Crippen LogP contribution in [0, 0.1) is 0 Å². The molecular formula is C9H9N3O. The number of rotatable bonds is 1. The highest BCUT2D eigenvalue weighted by Gasteiger charge is 2.27. The molecule has 0 amide bonds. The van der Waals surface area contributed by atoms with Crippen LogP contribution in [0.15, 0.2) is 23.4 Å². The van der Waals surface area contributed by atoms with E-state index in [1.54, 1.807) is 12.4 Å². The molecule has 4 nitrogen and oxygen atoms in total. The molecule has 0 bridgehead atoms. The van der Waals surface area contributed by atoms with Crippen molar-refractivity contribution in [3.63, 3.8) is 0 Å². The first-order valence-corrected chi connectivity index (χ1v) is 4.41. The molecule has 1 aliphatic carbocycles. The molecule has 0 saturated heterocycles. The normalized spacial score (nSPS) is 16.6. The summed E-state index contributed by atoms with van der Waals surface area (Å²) < 4.78 is 1.89. The number of aromatic nitrogens is 3. The maximum absolute atomic E-state index is 11.3. The topological polar surface area (TPSA) is 50.2 Å². The summed E-state index contributed by atoms with van der Waals surface area (Å²) in [5.41, 5.74) is 0.575. The first-order valence-electron chi connectivity index (χ1n) is 4.41. The van der Waals surface area contributed by atoms with Gasteiger partial charge >= 0.3 is 0 Å². The lowest BCUT2D eigenvalue weighted by Gasteiger charge is -1.96. The SMILES string of the molecule is O=c1[nH]ccn2c(C3CC3)ncc12. The van der Waals surface area contributed by atoms with E-state index in [-0.39, 0.29) is 5.56 Å². The van der Waals surface area contributed by atoms with E-state index < -0.39 is 0 Å². The van der Waals surface area contributed by atoms with Crippen molar-refractivity contribution in [2.45, 2.75) is 18.8 Å². The van der Waals surface area contributed by atoms with Gasteiger partial charge in [0, 0.05) is 18.3 Å². The number of hydrogen-bond acceptors (Lipinski definition) is 2. The first-order chi connectivity index (χ1) is 6.36. The van der Waals surface area contributed by atoms with Crippen LogP contribution in [-0.2, 0) is 0 Å². The predicted octanol–water partition coefficient (Wildman–Crippen LogP) is 0.900. The van der Waals surface area contributed by atoms with Gasteiger partial charge in [-0.05, 0) is 12.8 Å². The Morgan fingerprint density at radius 3 is 3.15 bits per heavy atom. The fraction of sp³-hybridized carbons (Fsp3) is 0.333. The highest BCUT2D eigenvalue weighted by Crippen LogP contribution is 2.38. The molecule has 1 N–H and O–H groups in total. The Labute approximate surface area is 74.2 Å².